The summed E-state index contributed by atoms with van der Waals surface area (Å²) in [4.78, 5) is 51.7. The van der Waals surface area contributed by atoms with Gasteiger partial charge < -0.3 is 29.2 Å². The van der Waals surface area contributed by atoms with Gasteiger partial charge in [-0.15, -0.1) is 0 Å². The third kappa shape index (κ3) is 8.46. The molecule has 2 saturated heterocycles. The maximum absolute atomic E-state index is 13.5. The molecule has 3 aromatic rings. The molecule has 0 aliphatic carbocycles. The number of nitrogens with zero attached hydrogens (tertiary/aromatic N) is 6. The average molecular weight is 668 g/mol. The van der Waals surface area contributed by atoms with Gasteiger partial charge in [-0.25, -0.2) is 28.0 Å². The van der Waals surface area contributed by atoms with E-state index in [2.05, 4.69) is 20.2 Å². The van der Waals surface area contributed by atoms with Crippen LogP contribution in [0.25, 0.3) is 0 Å². The summed E-state index contributed by atoms with van der Waals surface area (Å²) in [6.45, 7) is 7.59. The summed E-state index contributed by atoms with van der Waals surface area (Å²) in [6.07, 6.45) is 4.91. The molecule has 0 unspecified atom stereocenters. The predicted octanol–water partition coefficient (Wildman–Crippen LogP) is 2.36. The molecule has 47 heavy (non-hydrogen) atoms. The Morgan fingerprint density at radius 3 is 2.34 bits per heavy atom. The van der Waals surface area contributed by atoms with Gasteiger partial charge >= 0.3 is 12.1 Å². The Morgan fingerprint density at radius 1 is 1.00 bits per heavy atom. The first kappa shape index (κ1) is 33.9. The van der Waals surface area contributed by atoms with Gasteiger partial charge in [-0.2, -0.15) is 4.31 Å². The number of hydrogen-bond donors (Lipinski definition) is 1. The molecule has 4 heterocycles. The van der Waals surface area contributed by atoms with Gasteiger partial charge in [-0.3, -0.25) is 4.79 Å². The summed E-state index contributed by atoms with van der Waals surface area (Å²) in [5, 5.41) is 2.61. The highest BCUT2D eigenvalue weighted by molar-refractivity contribution is 7.89. The summed E-state index contributed by atoms with van der Waals surface area (Å²) >= 11 is 0. The second-order valence-electron chi connectivity index (χ2n) is 12.6. The fourth-order valence-electron chi connectivity index (χ4n) is 5.52. The van der Waals surface area contributed by atoms with Gasteiger partial charge in [0.25, 0.3) is 10.0 Å². The molecule has 252 valence electrons. The Kier molecular flexibility index (Phi) is 10.2. The van der Waals surface area contributed by atoms with E-state index in [4.69, 9.17) is 9.47 Å². The molecule has 14 nitrogen and oxygen atoms in total. The number of carbonyl (C=O) groups excluding carboxylic acids is 3. The van der Waals surface area contributed by atoms with E-state index in [1.54, 1.807) is 63.2 Å². The van der Waals surface area contributed by atoms with Crippen LogP contribution in [0.3, 0.4) is 0 Å². The van der Waals surface area contributed by atoms with Crippen LogP contribution in [0.15, 0.2) is 66.2 Å². The number of sulfonamides is 1. The molecular weight excluding hydrogens is 626 g/mol. The van der Waals surface area contributed by atoms with Crippen molar-refractivity contribution in [3.05, 3.63) is 66.7 Å². The third-order valence-corrected chi connectivity index (χ3v) is 9.64. The van der Waals surface area contributed by atoms with Gasteiger partial charge in [0.1, 0.15) is 29.3 Å². The van der Waals surface area contributed by atoms with Crippen LogP contribution in [0.1, 0.15) is 39.2 Å². The van der Waals surface area contributed by atoms with E-state index in [-0.39, 0.29) is 18.0 Å². The molecule has 0 radical (unpaired) electrons. The number of aryl methyl sites for hydroxylation is 1. The van der Waals surface area contributed by atoms with E-state index in [1.165, 1.54) is 17.1 Å². The summed E-state index contributed by atoms with van der Waals surface area (Å²) in [7, 11) is -2.36. The lowest BCUT2D eigenvalue weighted by Gasteiger charge is -2.34. The molecular formula is C32H41N7O7S. The molecule has 2 aromatic heterocycles. The standard InChI is InChI=1S/C32H41N7O7S/c1-32(2,3)46-30(41)25(35-29(40)26-8-7-15-39(26)47(43,44)28-21-36(4)22-34-28)20-23-10-12-24(13-11-23)45-31(42)38-18-16-37(17-19-38)27-9-5-6-14-33-27/h5-6,9-14,21-22,25-26H,7-8,15-20H2,1-4H3,(H,35,40)/t25-,26-/m0/s1. The number of aromatic nitrogens is 3. The van der Waals surface area contributed by atoms with E-state index in [1.807, 2.05) is 18.2 Å². The minimum absolute atomic E-state index is 0.0735. The maximum Gasteiger partial charge on any atom is 0.415 e. The molecule has 2 aliphatic heterocycles. The Balaban J connectivity index is 1.22. The van der Waals surface area contributed by atoms with Crippen LogP contribution >= 0.6 is 0 Å². The molecule has 0 bridgehead atoms. The number of amides is 2. The molecule has 1 aromatic carbocycles. The number of anilines is 1. The van der Waals surface area contributed by atoms with Crippen LogP contribution in [0, 0.1) is 0 Å². The lowest BCUT2D eigenvalue weighted by atomic mass is 10.0. The number of ether oxygens (including phenoxy) is 2. The molecule has 1 N–H and O–H groups in total. The number of imidazole rings is 1. The first-order valence-electron chi connectivity index (χ1n) is 15.5. The number of piperazine rings is 1. The normalized spacial score (nSPS) is 18.1. The fourth-order valence-corrected chi connectivity index (χ4v) is 7.15. The van der Waals surface area contributed by atoms with Crippen LogP contribution < -0.4 is 15.0 Å². The molecule has 2 aliphatic rings. The number of benzene rings is 1. The number of pyridine rings is 1. The SMILES string of the molecule is Cn1cnc(S(=O)(=O)N2CCC[C@H]2C(=O)N[C@@H](Cc2ccc(OC(=O)N3CCN(c4ccccn4)CC3)cc2)C(=O)OC(C)(C)C)c1. The summed E-state index contributed by atoms with van der Waals surface area (Å²) in [5.41, 5.74) is -0.141. The van der Waals surface area contributed by atoms with Crippen molar-refractivity contribution in [1.82, 2.24) is 29.1 Å². The Hall–Kier alpha value is -4.50. The van der Waals surface area contributed by atoms with E-state index >= 15 is 0 Å². The van der Waals surface area contributed by atoms with Crippen molar-refractivity contribution in [2.45, 2.75) is 62.7 Å². The Labute approximate surface area is 274 Å². The van der Waals surface area contributed by atoms with E-state index < -0.39 is 45.7 Å². The molecule has 2 atom stereocenters. The largest absolute Gasteiger partial charge is 0.458 e. The van der Waals surface area contributed by atoms with Crippen molar-refractivity contribution >= 4 is 33.8 Å². The van der Waals surface area contributed by atoms with E-state index in [0.29, 0.717) is 50.3 Å². The van der Waals surface area contributed by atoms with E-state index in [9.17, 15) is 22.8 Å². The van der Waals surface area contributed by atoms with Gasteiger partial charge in [-0.1, -0.05) is 18.2 Å². The highest BCUT2D eigenvalue weighted by Gasteiger charge is 2.42. The van der Waals surface area contributed by atoms with Gasteiger partial charge in [0.15, 0.2) is 5.03 Å². The van der Waals surface area contributed by atoms with Crippen LogP contribution in [-0.4, -0.2) is 101 Å². The minimum atomic E-state index is -4.02. The van der Waals surface area contributed by atoms with Crippen LogP contribution in [-0.2, 0) is 37.8 Å². The Bertz CT molecular complexity index is 1670. The quantitative estimate of drug-likeness (QED) is 0.336. The monoisotopic (exact) mass is 667 g/mol. The lowest BCUT2D eigenvalue weighted by Crippen LogP contribution is -2.52. The van der Waals surface area contributed by atoms with Crippen molar-refractivity contribution in [3.63, 3.8) is 0 Å². The highest BCUT2D eigenvalue weighted by Crippen LogP contribution is 2.26. The van der Waals surface area contributed by atoms with Crippen LogP contribution in [0.5, 0.6) is 5.75 Å². The molecule has 0 spiro atoms. The molecule has 0 saturated carbocycles. The zero-order valence-corrected chi connectivity index (χ0v) is 27.9. The van der Waals surface area contributed by atoms with Crippen molar-refractivity contribution in [2.24, 2.45) is 7.05 Å². The second-order valence-corrected chi connectivity index (χ2v) is 14.5. The van der Waals surface area contributed by atoms with Gasteiger partial charge in [0.05, 0.1) is 6.33 Å². The van der Waals surface area contributed by atoms with E-state index in [0.717, 1.165) is 10.1 Å². The van der Waals surface area contributed by atoms with Crippen molar-refractivity contribution in [1.29, 1.82) is 0 Å². The zero-order chi connectivity index (χ0) is 33.8. The molecule has 5 rings (SSSR count). The number of rotatable bonds is 9. The first-order chi connectivity index (χ1) is 22.3. The molecule has 2 amide bonds. The summed E-state index contributed by atoms with van der Waals surface area (Å²) in [6, 6.07) is 10.3. The van der Waals surface area contributed by atoms with Crippen molar-refractivity contribution in [2.75, 3.05) is 37.6 Å². The van der Waals surface area contributed by atoms with Gasteiger partial charge in [0.2, 0.25) is 5.91 Å². The average Bonchev–Trinajstić information content (AvgIpc) is 3.72. The van der Waals surface area contributed by atoms with Crippen LogP contribution in [0.4, 0.5) is 10.6 Å². The number of hydrogen-bond acceptors (Lipinski definition) is 10. The second kappa shape index (κ2) is 14.1. The lowest BCUT2D eigenvalue weighted by molar-refractivity contribution is -0.158. The summed E-state index contributed by atoms with van der Waals surface area (Å²) < 4.78 is 40.4. The Morgan fingerprint density at radius 2 is 1.72 bits per heavy atom. The zero-order valence-electron chi connectivity index (χ0n) is 27.0. The van der Waals surface area contributed by atoms with Crippen molar-refractivity contribution < 1.29 is 32.3 Å². The minimum Gasteiger partial charge on any atom is -0.458 e. The van der Waals surface area contributed by atoms with Gasteiger partial charge in [0, 0.05) is 58.6 Å². The summed E-state index contributed by atoms with van der Waals surface area (Å²) in [5.74, 6) is -0.0351. The maximum atomic E-state index is 13.5. The van der Waals surface area contributed by atoms with Crippen molar-refractivity contribution in [3.8, 4) is 5.75 Å². The van der Waals surface area contributed by atoms with Gasteiger partial charge in [-0.05, 0) is 63.4 Å². The number of carbonyl (C=O) groups is 3. The van der Waals surface area contributed by atoms with Crippen LogP contribution in [0.2, 0.25) is 0 Å². The third-order valence-electron chi connectivity index (χ3n) is 7.85. The smallest absolute Gasteiger partial charge is 0.415 e. The number of esters is 1. The predicted molar refractivity (Wildman–Crippen MR) is 172 cm³/mol. The first-order valence-corrected chi connectivity index (χ1v) is 17.0. The fraction of sp³-hybridized carbons (Fsp3) is 0.469. The number of nitrogens with one attached hydrogen (secondary N) is 1. The molecule has 15 heteroatoms. The molecule has 2 fully saturated rings. The topological polar surface area (TPSA) is 156 Å². The highest BCUT2D eigenvalue weighted by atomic mass is 32.2.